The Balaban J connectivity index is 1.64. The van der Waals surface area contributed by atoms with Gasteiger partial charge in [0.05, 0.1) is 35.9 Å². The molecule has 2 heterocycles. The second-order valence-electron chi connectivity index (χ2n) is 8.51. The maximum Gasteiger partial charge on any atom is 0.305 e. The van der Waals surface area contributed by atoms with E-state index in [4.69, 9.17) is 0 Å². The van der Waals surface area contributed by atoms with Crippen LogP contribution in [0.5, 0.6) is 0 Å². The van der Waals surface area contributed by atoms with Crippen molar-refractivity contribution in [1.82, 2.24) is 20.2 Å². The molecule has 3 rings (SSSR count). The molecule has 0 radical (unpaired) electrons. The van der Waals surface area contributed by atoms with Crippen molar-refractivity contribution >= 4 is 41.1 Å². The van der Waals surface area contributed by atoms with Crippen molar-refractivity contribution < 1.29 is 33.5 Å². The van der Waals surface area contributed by atoms with Crippen molar-refractivity contribution in [3.8, 4) is 0 Å². The molecule has 2 amide bonds. The number of benzene rings is 1. The minimum atomic E-state index is -1.30. The highest BCUT2D eigenvalue weighted by molar-refractivity contribution is 7.99. The summed E-state index contributed by atoms with van der Waals surface area (Å²) in [5, 5.41) is 11.7. The molecule has 3 aromatic rings. The summed E-state index contributed by atoms with van der Waals surface area (Å²) < 4.78 is 13.1. The predicted molar refractivity (Wildman–Crippen MR) is 142 cm³/mol. The lowest BCUT2D eigenvalue weighted by Gasteiger charge is -2.20. The van der Waals surface area contributed by atoms with Crippen LogP contribution in [0, 0.1) is 5.82 Å². The van der Waals surface area contributed by atoms with Gasteiger partial charge in [0.1, 0.15) is 5.82 Å². The van der Waals surface area contributed by atoms with Crippen molar-refractivity contribution in [3.05, 3.63) is 89.3 Å². The van der Waals surface area contributed by atoms with Crippen LogP contribution in [0.3, 0.4) is 0 Å². The Morgan fingerprint density at radius 2 is 1.79 bits per heavy atom. The van der Waals surface area contributed by atoms with Gasteiger partial charge in [0.2, 0.25) is 0 Å². The average Bonchev–Trinajstić information content (AvgIpc) is 3.47. The topological polar surface area (TPSA) is 150 Å². The van der Waals surface area contributed by atoms with Crippen molar-refractivity contribution in [2.45, 2.75) is 25.1 Å². The lowest BCUT2D eigenvalue weighted by atomic mass is 10.1. The number of pyridine rings is 1. The van der Waals surface area contributed by atoms with Gasteiger partial charge in [0.25, 0.3) is 11.8 Å². The number of carboxylic acids is 1. The molecule has 0 spiro atoms. The van der Waals surface area contributed by atoms with Crippen LogP contribution in [0.4, 0.5) is 4.39 Å². The molecule has 0 saturated heterocycles. The van der Waals surface area contributed by atoms with E-state index >= 15 is 0 Å². The third-order valence-corrected chi connectivity index (χ3v) is 6.70. The number of carbonyl (C=O) groups excluding carboxylic acids is 4. The van der Waals surface area contributed by atoms with Gasteiger partial charge in [-0.2, -0.15) is 0 Å². The van der Waals surface area contributed by atoms with Crippen molar-refractivity contribution in [2.24, 2.45) is 0 Å². The van der Waals surface area contributed by atoms with E-state index in [0.29, 0.717) is 11.3 Å². The van der Waals surface area contributed by atoms with E-state index in [1.807, 2.05) is 0 Å². The van der Waals surface area contributed by atoms with Crippen LogP contribution in [0.25, 0.3) is 0 Å². The molecule has 204 valence electrons. The van der Waals surface area contributed by atoms with Crippen LogP contribution in [0.1, 0.15) is 50.0 Å². The third-order valence-electron chi connectivity index (χ3n) is 5.67. The largest absolute Gasteiger partial charge is 0.481 e. The number of aliphatic carboxylic acids is 1. The molecule has 10 nitrogen and oxygen atoms in total. The lowest BCUT2D eigenvalue weighted by Crippen LogP contribution is -2.43. The number of ketones is 2. The van der Waals surface area contributed by atoms with Crippen molar-refractivity contribution in [1.29, 1.82) is 0 Å². The highest BCUT2D eigenvalue weighted by Crippen LogP contribution is 2.15. The van der Waals surface area contributed by atoms with E-state index in [1.165, 1.54) is 53.5 Å². The van der Waals surface area contributed by atoms with E-state index in [-0.39, 0.29) is 41.6 Å². The molecule has 12 heteroatoms. The zero-order valence-electron chi connectivity index (χ0n) is 21.1. The molecule has 0 unspecified atom stereocenters. The Morgan fingerprint density at radius 1 is 1.08 bits per heavy atom. The van der Waals surface area contributed by atoms with Gasteiger partial charge in [0, 0.05) is 42.6 Å². The quantitative estimate of drug-likeness (QED) is 0.258. The first kappa shape index (κ1) is 29.2. The number of aromatic nitrogens is 2. The Labute approximate surface area is 228 Å². The molecule has 1 aromatic carbocycles. The molecule has 0 fully saturated rings. The van der Waals surface area contributed by atoms with Gasteiger partial charge in [-0.1, -0.05) is 12.1 Å². The second-order valence-corrected chi connectivity index (χ2v) is 9.50. The molecule has 1 atom stereocenters. The molecular weight excluding hydrogens is 527 g/mol. The smallest absolute Gasteiger partial charge is 0.305 e. The van der Waals surface area contributed by atoms with E-state index in [2.05, 4.69) is 15.3 Å². The Kier molecular flexibility index (Phi) is 10.5. The summed E-state index contributed by atoms with van der Waals surface area (Å²) in [6, 6.07) is 7.35. The number of hydrogen-bond donors (Lipinski definition) is 3. The van der Waals surface area contributed by atoms with Crippen LogP contribution in [-0.2, 0) is 15.3 Å². The highest BCUT2D eigenvalue weighted by Gasteiger charge is 2.25. The number of thioether (sulfide) groups is 1. The standard InChI is InChI=1S/C27H27FN4O6S/c1-2-32(14-23(33)18-7-8-29-11-18)27(38)20-9-19(12-30-13-20)26(37)31-22(10-25(35)36)24(34)16-39-15-17-3-5-21(28)6-4-17/h3-9,11-13,22,29H,2,10,14-16H2,1H3,(H,31,37)(H,35,36)/t22-/m0/s1. The Bertz CT molecular complexity index is 1330. The number of rotatable bonds is 14. The highest BCUT2D eigenvalue weighted by atomic mass is 32.2. The SMILES string of the molecule is CCN(CC(=O)c1cc[nH]c1)C(=O)c1cncc(C(=O)N[C@@H](CC(=O)O)C(=O)CSCc2ccc(F)cc2)c1. The number of carboxylic acid groups (broad SMARTS) is 1. The lowest BCUT2D eigenvalue weighted by molar-refractivity contribution is -0.139. The molecule has 39 heavy (non-hydrogen) atoms. The van der Waals surface area contributed by atoms with Crippen molar-refractivity contribution in [2.75, 3.05) is 18.8 Å². The summed E-state index contributed by atoms with van der Waals surface area (Å²) in [7, 11) is 0. The van der Waals surface area contributed by atoms with Gasteiger partial charge in [-0.15, -0.1) is 11.8 Å². The number of aromatic amines is 1. The molecule has 0 saturated carbocycles. The van der Waals surface area contributed by atoms with Gasteiger partial charge in [-0.25, -0.2) is 4.39 Å². The van der Waals surface area contributed by atoms with Gasteiger partial charge in [-0.05, 0) is 36.8 Å². The summed E-state index contributed by atoms with van der Waals surface area (Å²) in [6.07, 6.45) is 4.96. The molecule has 3 N–H and O–H groups in total. The summed E-state index contributed by atoms with van der Waals surface area (Å²) >= 11 is 1.21. The van der Waals surface area contributed by atoms with E-state index in [9.17, 15) is 33.5 Å². The first-order valence-electron chi connectivity index (χ1n) is 12.0. The number of hydrogen-bond acceptors (Lipinski definition) is 7. The minimum Gasteiger partial charge on any atom is -0.481 e. The average molecular weight is 555 g/mol. The van der Waals surface area contributed by atoms with Crippen LogP contribution in [0.2, 0.25) is 0 Å². The van der Waals surface area contributed by atoms with Crippen LogP contribution >= 0.6 is 11.8 Å². The number of Topliss-reactive ketones (excluding diaryl/α,β-unsaturated/α-hetero) is 2. The minimum absolute atomic E-state index is 0.0454. The van der Waals surface area contributed by atoms with E-state index < -0.39 is 36.0 Å². The van der Waals surface area contributed by atoms with Crippen LogP contribution in [0.15, 0.2) is 61.2 Å². The molecule has 0 aliphatic carbocycles. The van der Waals surface area contributed by atoms with E-state index in [0.717, 1.165) is 5.56 Å². The number of nitrogens with one attached hydrogen (secondary N) is 2. The molecule has 0 aliphatic heterocycles. The summed E-state index contributed by atoms with van der Waals surface area (Å²) in [5.41, 5.74) is 1.23. The summed E-state index contributed by atoms with van der Waals surface area (Å²) in [6.45, 7) is 1.77. The van der Waals surface area contributed by atoms with E-state index in [1.54, 1.807) is 31.3 Å². The summed E-state index contributed by atoms with van der Waals surface area (Å²) in [5.74, 6) is -3.38. The van der Waals surface area contributed by atoms with Gasteiger partial charge in [-0.3, -0.25) is 29.0 Å². The summed E-state index contributed by atoms with van der Waals surface area (Å²) in [4.78, 5) is 70.5. The number of H-pyrrole nitrogens is 1. The first-order valence-corrected chi connectivity index (χ1v) is 13.1. The van der Waals surface area contributed by atoms with Gasteiger partial charge < -0.3 is 20.3 Å². The van der Waals surface area contributed by atoms with Crippen LogP contribution < -0.4 is 5.32 Å². The number of carbonyl (C=O) groups is 5. The zero-order chi connectivity index (χ0) is 28.4. The molecule has 0 aliphatic rings. The second kappa shape index (κ2) is 14.0. The number of likely N-dealkylation sites (N-methyl/N-ethyl adjacent to an activating group) is 1. The fraction of sp³-hybridized carbons (Fsp3) is 0.259. The fourth-order valence-electron chi connectivity index (χ4n) is 3.57. The molecular formula is C27H27FN4O6S. The number of halogens is 1. The zero-order valence-corrected chi connectivity index (χ0v) is 21.9. The maximum atomic E-state index is 13.1. The molecule has 0 bridgehead atoms. The Morgan fingerprint density at radius 3 is 2.44 bits per heavy atom. The van der Waals surface area contributed by atoms with Gasteiger partial charge >= 0.3 is 5.97 Å². The normalized spacial score (nSPS) is 11.4. The Hall–Kier alpha value is -4.32. The van der Waals surface area contributed by atoms with Crippen molar-refractivity contribution in [3.63, 3.8) is 0 Å². The first-order chi connectivity index (χ1) is 18.7. The number of amides is 2. The number of nitrogens with zero attached hydrogens (tertiary/aromatic N) is 2. The molecule has 2 aromatic heterocycles. The fourth-order valence-corrected chi connectivity index (χ4v) is 4.50. The van der Waals surface area contributed by atoms with Crippen LogP contribution in [-0.4, -0.2) is 74.2 Å². The monoisotopic (exact) mass is 554 g/mol. The van der Waals surface area contributed by atoms with Gasteiger partial charge in [0.15, 0.2) is 11.6 Å². The predicted octanol–water partition coefficient (Wildman–Crippen LogP) is 2.97. The third kappa shape index (κ3) is 8.60. The maximum absolute atomic E-state index is 13.1.